The molecule has 1 saturated heterocycles. The first-order valence-corrected chi connectivity index (χ1v) is 8.38. The van der Waals surface area contributed by atoms with Gasteiger partial charge in [-0.3, -0.25) is 0 Å². The van der Waals surface area contributed by atoms with Crippen LogP contribution >= 0.6 is 0 Å². The normalized spacial score (nSPS) is 16.0. The first-order chi connectivity index (χ1) is 12.2. The average Bonchev–Trinajstić information content (AvgIpc) is 3.26. The van der Waals surface area contributed by atoms with Crippen LogP contribution in [0, 0.1) is 0 Å². The lowest BCUT2D eigenvalue weighted by Crippen LogP contribution is -2.38. The fourth-order valence-electron chi connectivity index (χ4n) is 3.32. The second-order valence-electron chi connectivity index (χ2n) is 6.17. The molecule has 132 valence electrons. The van der Waals surface area contributed by atoms with E-state index in [-0.39, 0.29) is 12.6 Å². The van der Waals surface area contributed by atoms with Gasteiger partial charge in [0.25, 0.3) is 12.4 Å². The number of anilines is 1. The summed E-state index contributed by atoms with van der Waals surface area (Å²) < 4.78 is 38.4. The number of fused-ring (bicyclic) bond motifs is 1. The number of aromatic nitrogens is 2. The highest BCUT2D eigenvalue weighted by atomic mass is 19.3. The van der Waals surface area contributed by atoms with Gasteiger partial charge in [0.15, 0.2) is 0 Å². The van der Waals surface area contributed by atoms with Crippen molar-refractivity contribution in [2.75, 3.05) is 18.0 Å². The zero-order valence-electron chi connectivity index (χ0n) is 13.6. The van der Waals surface area contributed by atoms with Crippen LogP contribution in [0.2, 0.25) is 0 Å². The number of nitrogens with zero attached hydrogens (tertiary/aromatic N) is 3. The van der Waals surface area contributed by atoms with Crippen molar-refractivity contribution in [2.24, 2.45) is 0 Å². The first-order valence-electron chi connectivity index (χ1n) is 8.38. The molecule has 0 N–H and O–H groups in total. The van der Waals surface area contributed by atoms with Gasteiger partial charge < -0.3 is 18.6 Å². The third-order valence-electron chi connectivity index (χ3n) is 4.53. The third kappa shape index (κ3) is 3.31. The second kappa shape index (κ2) is 6.74. The van der Waals surface area contributed by atoms with Crippen molar-refractivity contribution in [2.45, 2.75) is 31.9 Å². The zero-order chi connectivity index (χ0) is 17.2. The van der Waals surface area contributed by atoms with Gasteiger partial charge in [-0.05, 0) is 18.2 Å². The van der Waals surface area contributed by atoms with Crippen LogP contribution in [0.3, 0.4) is 0 Å². The van der Waals surface area contributed by atoms with E-state index >= 15 is 0 Å². The summed E-state index contributed by atoms with van der Waals surface area (Å²) in [6, 6.07) is 8.08. The molecule has 0 bridgehead atoms. The Labute approximate surface area is 143 Å². The lowest BCUT2D eigenvalue weighted by Gasteiger charge is -2.31. The van der Waals surface area contributed by atoms with E-state index in [4.69, 9.17) is 9.15 Å². The summed E-state index contributed by atoms with van der Waals surface area (Å²) in [4.78, 5) is 6.27. The van der Waals surface area contributed by atoms with E-state index in [2.05, 4.69) is 9.88 Å². The maximum atomic E-state index is 12.7. The van der Waals surface area contributed by atoms with E-state index in [1.54, 1.807) is 23.2 Å². The monoisotopic (exact) mass is 347 g/mol. The van der Waals surface area contributed by atoms with Gasteiger partial charge in [-0.2, -0.15) is 0 Å². The largest absolute Gasteiger partial charge is 0.490 e. The summed E-state index contributed by atoms with van der Waals surface area (Å²) in [5.74, 6) is 0.750. The summed E-state index contributed by atoms with van der Waals surface area (Å²) in [6.45, 7) is 1.32. The molecule has 0 amide bonds. The summed E-state index contributed by atoms with van der Waals surface area (Å²) >= 11 is 0. The lowest BCUT2D eigenvalue weighted by atomic mass is 10.1. The van der Waals surface area contributed by atoms with Crippen molar-refractivity contribution in [3.8, 4) is 5.75 Å². The second-order valence-corrected chi connectivity index (χ2v) is 6.17. The van der Waals surface area contributed by atoms with Crippen LogP contribution in [-0.2, 0) is 6.54 Å². The summed E-state index contributed by atoms with van der Waals surface area (Å²) in [5.41, 5.74) is 0.773. The lowest BCUT2D eigenvalue weighted by molar-refractivity contribution is 0.128. The molecule has 1 aliphatic rings. The number of hydrogen-bond acceptors (Lipinski definition) is 4. The van der Waals surface area contributed by atoms with Crippen molar-refractivity contribution < 1.29 is 17.9 Å². The highest BCUT2D eigenvalue weighted by Crippen LogP contribution is 2.30. The molecule has 2 aromatic heterocycles. The van der Waals surface area contributed by atoms with Crippen LogP contribution in [0.5, 0.6) is 5.75 Å². The maximum absolute atomic E-state index is 12.7. The minimum atomic E-state index is -2.38. The molecule has 5 nitrogen and oxygen atoms in total. The van der Waals surface area contributed by atoms with Gasteiger partial charge in [0, 0.05) is 37.5 Å². The Morgan fingerprint density at radius 1 is 1.24 bits per heavy atom. The highest BCUT2D eigenvalue weighted by Gasteiger charge is 2.23. The molecule has 0 spiro atoms. The number of piperidine rings is 1. The molecule has 3 aromatic rings. The number of alkyl halides is 2. The Hall–Kier alpha value is -2.57. The molecule has 1 aromatic carbocycles. The van der Waals surface area contributed by atoms with Crippen LogP contribution in [0.4, 0.5) is 14.8 Å². The standard InChI is InChI=1S/C18H19F2N3O2/c19-17(20)12-23-10-6-14-15(23)2-1-3-16(14)25-13-4-8-22(9-5-13)18-21-7-11-24-18/h1-3,6-7,10-11,13,17H,4-5,8-9,12H2. The van der Waals surface area contributed by atoms with E-state index in [0.717, 1.165) is 42.6 Å². The molecule has 0 saturated carbocycles. The molecule has 0 atom stereocenters. The smallest absolute Gasteiger partial charge is 0.297 e. The van der Waals surface area contributed by atoms with E-state index in [9.17, 15) is 8.78 Å². The number of ether oxygens (including phenoxy) is 1. The Bertz CT molecular complexity index is 824. The minimum absolute atomic E-state index is 0.0928. The van der Waals surface area contributed by atoms with Crippen LogP contribution in [0.1, 0.15) is 12.8 Å². The molecule has 0 aliphatic carbocycles. The molecule has 1 fully saturated rings. The van der Waals surface area contributed by atoms with E-state index in [1.807, 2.05) is 24.3 Å². The minimum Gasteiger partial charge on any atom is -0.490 e. The Morgan fingerprint density at radius 3 is 2.80 bits per heavy atom. The number of hydrogen-bond donors (Lipinski definition) is 0. The SMILES string of the molecule is FC(F)Cn1ccc2c(OC3CCN(c4ncco4)CC3)cccc21. The van der Waals surface area contributed by atoms with E-state index in [0.29, 0.717) is 6.01 Å². The van der Waals surface area contributed by atoms with Crippen LogP contribution in [0.25, 0.3) is 10.9 Å². The molecule has 3 heterocycles. The zero-order valence-corrected chi connectivity index (χ0v) is 13.6. The van der Waals surface area contributed by atoms with Crippen LogP contribution < -0.4 is 9.64 Å². The van der Waals surface area contributed by atoms with Crippen molar-refractivity contribution in [3.63, 3.8) is 0 Å². The van der Waals surface area contributed by atoms with Crippen molar-refractivity contribution in [1.29, 1.82) is 0 Å². The number of oxazole rings is 1. The number of benzene rings is 1. The molecular weight excluding hydrogens is 328 g/mol. The van der Waals surface area contributed by atoms with Crippen molar-refractivity contribution in [3.05, 3.63) is 42.9 Å². The Morgan fingerprint density at radius 2 is 2.08 bits per heavy atom. The van der Waals surface area contributed by atoms with Gasteiger partial charge in [-0.15, -0.1) is 0 Å². The highest BCUT2D eigenvalue weighted by molar-refractivity contribution is 5.86. The molecule has 1 aliphatic heterocycles. The van der Waals surface area contributed by atoms with Crippen LogP contribution in [-0.4, -0.2) is 35.2 Å². The van der Waals surface area contributed by atoms with Gasteiger partial charge in [-0.1, -0.05) is 6.07 Å². The van der Waals surface area contributed by atoms with Gasteiger partial charge in [0.2, 0.25) is 0 Å². The summed E-state index contributed by atoms with van der Waals surface area (Å²) in [7, 11) is 0. The predicted molar refractivity (Wildman–Crippen MR) is 90.3 cm³/mol. The number of halogens is 2. The van der Waals surface area contributed by atoms with E-state index in [1.165, 1.54) is 0 Å². The average molecular weight is 347 g/mol. The molecule has 25 heavy (non-hydrogen) atoms. The summed E-state index contributed by atoms with van der Waals surface area (Å²) in [6.07, 6.45) is 4.34. The third-order valence-corrected chi connectivity index (χ3v) is 4.53. The van der Waals surface area contributed by atoms with Gasteiger partial charge in [-0.25, -0.2) is 13.8 Å². The Balaban J connectivity index is 1.45. The molecular formula is C18H19F2N3O2. The van der Waals surface area contributed by atoms with E-state index < -0.39 is 6.43 Å². The predicted octanol–water partition coefficient (Wildman–Crippen LogP) is 3.94. The summed E-state index contributed by atoms with van der Waals surface area (Å²) in [5, 5.41) is 0.873. The number of rotatable bonds is 5. The van der Waals surface area contributed by atoms with Gasteiger partial charge in [0.1, 0.15) is 18.1 Å². The molecule has 7 heteroatoms. The fraction of sp³-hybridized carbons (Fsp3) is 0.389. The van der Waals surface area contributed by atoms with Crippen molar-refractivity contribution >= 4 is 16.9 Å². The van der Waals surface area contributed by atoms with Crippen molar-refractivity contribution in [1.82, 2.24) is 9.55 Å². The quantitative estimate of drug-likeness (QED) is 0.701. The maximum Gasteiger partial charge on any atom is 0.297 e. The van der Waals surface area contributed by atoms with Crippen LogP contribution in [0.15, 0.2) is 47.3 Å². The van der Waals surface area contributed by atoms with Gasteiger partial charge >= 0.3 is 0 Å². The first kappa shape index (κ1) is 15.9. The fourth-order valence-corrected chi connectivity index (χ4v) is 3.32. The topological polar surface area (TPSA) is 43.4 Å². The molecule has 0 radical (unpaired) electrons. The molecule has 0 unspecified atom stereocenters. The van der Waals surface area contributed by atoms with Gasteiger partial charge in [0.05, 0.1) is 18.3 Å². The molecule has 4 rings (SSSR count). The Kier molecular flexibility index (Phi) is 4.29.